The first-order valence-electron chi connectivity index (χ1n) is 15.2. The van der Waals surface area contributed by atoms with Gasteiger partial charge in [0.15, 0.2) is 0 Å². The van der Waals surface area contributed by atoms with E-state index in [1.165, 1.54) is 51.4 Å². The van der Waals surface area contributed by atoms with Crippen LogP contribution in [0.25, 0.3) is 0 Å². The van der Waals surface area contributed by atoms with Gasteiger partial charge in [-0.2, -0.15) is 0 Å². The molecule has 0 aromatic carbocycles. The first-order chi connectivity index (χ1) is 18.1. The van der Waals surface area contributed by atoms with Crippen molar-refractivity contribution in [3.8, 4) is 0 Å². The van der Waals surface area contributed by atoms with Crippen molar-refractivity contribution < 1.29 is 19.1 Å². The van der Waals surface area contributed by atoms with E-state index in [-0.39, 0.29) is 42.5 Å². The second kappa shape index (κ2) is 22.3. The highest BCUT2D eigenvalue weighted by atomic mass is 16.5. The number of ether oxygens (including phenoxy) is 1. The van der Waals surface area contributed by atoms with E-state index >= 15 is 0 Å². The van der Waals surface area contributed by atoms with Gasteiger partial charge in [-0.05, 0) is 19.8 Å². The van der Waals surface area contributed by atoms with E-state index in [2.05, 4.69) is 29.8 Å². The average molecular weight is 541 g/mol. The summed E-state index contributed by atoms with van der Waals surface area (Å²) in [5.74, 6) is -0.375. The number of hydrogen-bond acceptors (Lipinski definition) is 6. The Labute approximate surface area is 233 Å². The van der Waals surface area contributed by atoms with Crippen molar-refractivity contribution in [2.45, 2.75) is 143 Å². The lowest BCUT2D eigenvalue weighted by Crippen LogP contribution is -2.52. The first-order valence-corrected chi connectivity index (χ1v) is 15.2. The molecule has 0 saturated heterocycles. The molecule has 0 aliphatic heterocycles. The molecule has 38 heavy (non-hydrogen) atoms. The predicted molar refractivity (Wildman–Crippen MR) is 157 cm³/mol. The summed E-state index contributed by atoms with van der Waals surface area (Å²) >= 11 is 0. The van der Waals surface area contributed by atoms with Gasteiger partial charge in [0.25, 0.3) is 0 Å². The van der Waals surface area contributed by atoms with Crippen LogP contribution < -0.4 is 21.7 Å². The van der Waals surface area contributed by atoms with E-state index in [1.807, 2.05) is 20.8 Å². The maximum atomic E-state index is 13.1. The van der Waals surface area contributed by atoms with Gasteiger partial charge in [-0.1, -0.05) is 91.9 Å². The largest absolute Gasteiger partial charge is 0.383 e. The topological polar surface area (TPSA) is 123 Å². The Morgan fingerprint density at radius 3 is 1.82 bits per heavy atom. The number of ketones is 1. The van der Waals surface area contributed by atoms with Crippen LogP contribution in [-0.2, 0) is 19.1 Å². The van der Waals surface area contributed by atoms with Crippen LogP contribution in [0.1, 0.15) is 125 Å². The number of hydrogen-bond donors (Lipinski definition) is 4. The van der Waals surface area contributed by atoms with Gasteiger partial charge >= 0.3 is 0 Å². The van der Waals surface area contributed by atoms with Crippen molar-refractivity contribution in [3.63, 3.8) is 0 Å². The second-order valence-corrected chi connectivity index (χ2v) is 11.4. The number of methoxy groups -OCH3 is 1. The summed E-state index contributed by atoms with van der Waals surface area (Å²) in [6.07, 6.45) is 14.2. The Kier molecular flexibility index (Phi) is 21.4. The summed E-state index contributed by atoms with van der Waals surface area (Å²) in [4.78, 5) is 38.0. The summed E-state index contributed by atoms with van der Waals surface area (Å²) in [6, 6.07) is -1.32. The van der Waals surface area contributed by atoms with Crippen molar-refractivity contribution in [1.82, 2.24) is 16.0 Å². The van der Waals surface area contributed by atoms with Crippen LogP contribution in [-0.4, -0.2) is 62.5 Å². The zero-order chi connectivity index (χ0) is 28.8. The van der Waals surface area contributed by atoms with Gasteiger partial charge in [-0.15, -0.1) is 0 Å². The van der Waals surface area contributed by atoms with Crippen molar-refractivity contribution in [2.75, 3.05) is 26.8 Å². The minimum atomic E-state index is -0.864. The highest BCUT2D eigenvalue weighted by Crippen LogP contribution is 2.25. The summed E-state index contributed by atoms with van der Waals surface area (Å²) in [5, 5.41) is 9.29. The number of carbonyl (C=O) groups is 3. The normalized spacial score (nSPS) is 14.1. The van der Waals surface area contributed by atoms with Gasteiger partial charge < -0.3 is 26.4 Å². The molecule has 0 heterocycles. The fraction of sp³-hybridized carbons (Fsp3) is 0.900. The molecule has 0 saturated carbocycles. The lowest BCUT2D eigenvalue weighted by atomic mass is 9.78. The first kappa shape index (κ1) is 36.5. The standard InChI is InChI=1S/C30H60N4O4/c1-7-9-11-13-15-17-19-32-28(36)21-25(23-38-6)34-24(3)30(4,5)27(35)22-26(31)29(37)33-20-18-16-14-12-10-8-2/h24-26,34H,7-23,31H2,1-6H3,(H,32,36)(H,33,37). The molecule has 0 aliphatic carbocycles. The van der Waals surface area contributed by atoms with Crippen LogP contribution in [0.3, 0.4) is 0 Å². The van der Waals surface area contributed by atoms with Crippen molar-refractivity contribution in [2.24, 2.45) is 11.1 Å². The predicted octanol–water partition coefficient (Wildman–Crippen LogP) is 4.64. The van der Waals surface area contributed by atoms with E-state index in [4.69, 9.17) is 10.5 Å². The van der Waals surface area contributed by atoms with Gasteiger partial charge in [0, 0.05) is 50.5 Å². The molecule has 0 spiro atoms. The minimum absolute atomic E-state index is 0.0188. The third-order valence-corrected chi connectivity index (χ3v) is 7.51. The average Bonchev–Trinajstić information content (AvgIpc) is 2.87. The Morgan fingerprint density at radius 1 is 0.789 bits per heavy atom. The minimum Gasteiger partial charge on any atom is -0.383 e. The molecule has 2 amide bonds. The third-order valence-electron chi connectivity index (χ3n) is 7.51. The number of unbranched alkanes of at least 4 members (excludes halogenated alkanes) is 10. The van der Waals surface area contributed by atoms with Crippen molar-refractivity contribution in [1.29, 1.82) is 0 Å². The Bertz CT molecular complexity index is 642. The number of nitrogens with one attached hydrogen (secondary N) is 3. The molecule has 0 aliphatic rings. The molecule has 3 atom stereocenters. The van der Waals surface area contributed by atoms with E-state index in [9.17, 15) is 14.4 Å². The van der Waals surface area contributed by atoms with Crippen LogP contribution in [0.5, 0.6) is 0 Å². The third kappa shape index (κ3) is 17.2. The Hall–Kier alpha value is -1.51. The summed E-state index contributed by atoms with van der Waals surface area (Å²) in [7, 11) is 1.60. The maximum Gasteiger partial charge on any atom is 0.237 e. The molecule has 0 radical (unpaired) electrons. The van der Waals surface area contributed by atoms with Gasteiger partial charge in [0.05, 0.1) is 12.6 Å². The zero-order valence-corrected chi connectivity index (χ0v) is 25.5. The summed E-state index contributed by atoms with van der Waals surface area (Å²) < 4.78 is 5.33. The number of nitrogens with two attached hydrogens (primary N) is 1. The summed E-state index contributed by atoms with van der Waals surface area (Å²) in [5.41, 5.74) is 5.31. The van der Waals surface area contributed by atoms with Crippen LogP contribution in [0, 0.1) is 5.41 Å². The molecule has 0 bridgehead atoms. The van der Waals surface area contributed by atoms with Crippen LogP contribution >= 0.6 is 0 Å². The molecule has 5 N–H and O–H groups in total. The van der Waals surface area contributed by atoms with E-state index in [0.29, 0.717) is 19.7 Å². The summed E-state index contributed by atoms with van der Waals surface area (Å²) in [6.45, 7) is 11.7. The highest BCUT2D eigenvalue weighted by Gasteiger charge is 2.36. The molecule has 8 heteroatoms. The number of amides is 2. The molecule has 0 aromatic heterocycles. The number of carbonyl (C=O) groups excluding carboxylic acids is 3. The van der Waals surface area contributed by atoms with Crippen LogP contribution in [0.15, 0.2) is 0 Å². The maximum absolute atomic E-state index is 13.1. The fourth-order valence-corrected chi connectivity index (χ4v) is 4.40. The Morgan fingerprint density at radius 2 is 1.29 bits per heavy atom. The molecule has 0 aromatic rings. The van der Waals surface area contributed by atoms with E-state index < -0.39 is 11.5 Å². The molecule has 0 fully saturated rings. The van der Waals surface area contributed by atoms with Crippen LogP contribution in [0.4, 0.5) is 0 Å². The van der Waals surface area contributed by atoms with Crippen molar-refractivity contribution >= 4 is 17.6 Å². The van der Waals surface area contributed by atoms with E-state index in [1.54, 1.807) is 7.11 Å². The highest BCUT2D eigenvalue weighted by molar-refractivity contribution is 5.91. The Balaban J connectivity index is 4.54. The second-order valence-electron chi connectivity index (χ2n) is 11.4. The lowest BCUT2D eigenvalue weighted by molar-refractivity contribution is -0.132. The quantitative estimate of drug-likeness (QED) is 0.125. The number of Topliss-reactive ketones (excluding diaryl/α,β-unsaturated/α-hetero) is 1. The fourth-order valence-electron chi connectivity index (χ4n) is 4.40. The van der Waals surface area contributed by atoms with Gasteiger partial charge in [0.1, 0.15) is 5.78 Å². The van der Waals surface area contributed by atoms with Crippen LogP contribution in [0.2, 0.25) is 0 Å². The molecule has 224 valence electrons. The monoisotopic (exact) mass is 540 g/mol. The molecular weight excluding hydrogens is 480 g/mol. The molecular formula is C30H60N4O4. The smallest absolute Gasteiger partial charge is 0.237 e. The van der Waals surface area contributed by atoms with Gasteiger partial charge in [-0.3, -0.25) is 14.4 Å². The zero-order valence-electron chi connectivity index (χ0n) is 25.5. The lowest BCUT2D eigenvalue weighted by Gasteiger charge is -2.34. The van der Waals surface area contributed by atoms with Gasteiger partial charge in [-0.25, -0.2) is 0 Å². The van der Waals surface area contributed by atoms with E-state index in [0.717, 1.165) is 25.7 Å². The van der Waals surface area contributed by atoms with Crippen molar-refractivity contribution in [3.05, 3.63) is 0 Å². The number of rotatable bonds is 25. The molecule has 3 unspecified atom stereocenters. The SMILES string of the molecule is CCCCCCCCNC(=O)CC(COC)NC(C)C(C)(C)C(=O)CC(N)C(=O)NCCCCCCCC. The van der Waals surface area contributed by atoms with Gasteiger partial charge in [0.2, 0.25) is 11.8 Å². The molecule has 8 nitrogen and oxygen atoms in total. The molecule has 0 rings (SSSR count).